The third-order valence-corrected chi connectivity index (χ3v) is 2.35. The monoisotopic (exact) mass is 241 g/mol. The van der Waals surface area contributed by atoms with Crippen LogP contribution in [-0.2, 0) is 9.59 Å². The molecular weight excluding hydrogens is 226 g/mol. The van der Waals surface area contributed by atoms with E-state index in [0.717, 1.165) is 18.1 Å². The molecular formula is C11H15NO5. The van der Waals surface area contributed by atoms with Gasteiger partial charge in [-0.3, -0.25) is 0 Å². The lowest BCUT2D eigenvalue weighted by molar-refractivity contribution is -0.159. The predicted octanol–water partition coefficient (Wildman–Crippen LogP) is 1.17. The molecule has 0 radical (unpaired) electrons. The van der Waals surface area contributed by atoms with Crippen molar-refractivity contribution in [1.29, 1.82) is 0 Å². The molecule has 0 amide bonds. The number of aryl methyl sites for hydroxylation is 1. The van der Waals surface area contributed by atoms with Crippen molar-refractivity contribution in [3.8, 4) is 0 Å². The zero-order valence-electron chi connectivity index (χ0n) is 9.47. The molecule has 0 bridgehead atoms. The van der Waals surface area contributed by atoms with Gasteiger partial charge in [0, 0.05) is 0 Å². The molecule has 0 spiro atoms. The second-order valence-corrected chi connectivity index (χ2v) is 3.71. The Morgan fingerprint density at radius 1 is 1.35 bits per heavy atom. The Morgan fingerprint density at radius 2 is 2.00 bits per heavy atom. The SMILES string of the molecule is Cc1ccc(C2CCCN2)o1.O=C(O)C(=O)O. The summed E-state index contributed by atoms with van der Waals surface area (Å²) in [4.78, 5) is 18.2. The van der Waals surface area contributed by atoms with Crippen molar-refractivity contribution in [2.24, 2.45) is 0 Å². The van der Waals surface area contributed by atoms with Gasteiger partial charge in [0.25, 0.3) is 0 Å². The average Bonchev–Trinajstić information content (AvgIpc) is 2.88. The van der Waals surface area contributed by atoms with E-state index in [0.29, 0.717) is 6.04 Å². The van der Waals surface area contributed by atoms with Crippen LogP contribution >= 0.6 is 0 Å². The fourth-order valence-electron chi connectivity index (χ4n) is 1.57. The Hall–Kier alpha value is -1.82. The van der Waals surface area contributed by atoms with Crippen molar-refractivity contribution in [2.75, 3.05) is 6.54 Å². The first-order valence-corrected chi connectivity index (χ1v) is 5.26. The van der Waals surface area contributed by atoms with Crippen molar-refractivity contribution < 1.29 is 24.2 Å². The Balaban J connectivity index is 0.000000209. The molecule has 1 atom stereocenters. The van der Waals surface area contributed by atoms with Crippen LogP contribution in [0.1, 0.15) is 30.4 Å². The fourth-order valence-corrected chi connectivity index (χ4v) is 1.57. The van der Waals surface area contributed by atoms with Gasteiger partial charge in [-0.25, -0.2) is 9.59 Å². The minimum absolute atomic E-state index is 0.476. The molecule has 6 heteroatoms. The van der Waals surface area contributed by atoms with Crippen molar-refractivity contribution in [3.63, 3.8) is 0 Å². The smallest absolute Gasteiger partial charge is 0.414 e. The topological polar surface area (TPSA) is 99.8 Å². The number of nitrogens with one attached hydrogen (secondary N) is 1. The van der Waals surface area contributed by atoms with Crippen LogP contribution in [-0.4, -0.2) is 28.7 Å². The van der Waals surface area contributed by atoms with Gasteiger partial charge in [-0.1, -0.05) is 0 Å². The first kappa shape index (κ1) is 13.2. The van der Waals surface area contributed by atoms with Crippen LogP contribution in [0, 0.1) is 6.92 Å². The van der Waals surface area contributed by atoms with Crippen LogP contribution in [0.15, 0.2) is 16.5 Å². The quantitative estimate of drug-likeness (QED) is 0.638. The van der Waals surface area contributed by atoms with Gasteiger partial charge in [-0.2, -0.15) is 0 Å². The molecule has 1 aliphatic heterocycles. The highest BCUT2D eigenvalue weighted by molar-refractivity contribution is 6.27. The lowest BCUT2D eigenvalue weighted by Crippen LogP contribution is -2.11. The summed E-state index contributed by atoms with van der Waals surface area (Å²) in [5.41, 5.74) is 0. The van der Waals surface area contributed by atoms with Crippen LogP contribution < -0.4 is 5.32 Å². The van der Waals surface area contributed by atoms with E-state index in [2.05, 4.69) is 11.4 Å². The number of furan rings is 1. The standard InChI is InChI=1S/C9H13NO.C2H2O4/c1-7-4-5-9(11-7)8-3-2-6-10-8;3-1(4)2(5)6/h4-5,8,10H,2-3,6H2,1H3;(H,3,4)(H,5,6). The summed E-state index contributed by atoms with van der Waals surface area (Å²) in [7, 11) is 0. The maximum absolute atomic E-state index is 9.10. The van der Waals surface area contributed by atoms with Crippen molar-refractivity contribution >= 4 is 11.9 Å². The van der Waals surface area contributed by atoms with Crippen molar-refractivity contribution in [3.05, 3.63) is 23.7 Å². The molecule has 2 rings (SSSR count). The normalized spacial score (nSPS) is 18.3. The molecule has 0 aromatic carbocycles. The van der Waals surface area contributed by atoms with Gasteiger partial charge in [0.05, 0.1) is 6.04 Å². The predicted molar refractivity (Wildman–Crippen MR) is 58.7 cm³/mol. The summed E-state index contributed by atoms with van der Waals surface area (Å²) >= 11 is 0. The van der Waals surface area contributed by atoms with E-state index in [9.17, 15) is 0 Å². The number of carboxylic acids is 2. The van der Waals surface area contributed by atoms with Gasteiger partial charge in [-0.15, -0.1) is 0 Å². The van der Waals surface area contributed by atoms with E-state index in [1.165, 1.54) is 12.8 Å². The molecule has 17 heavy (non-hydrogen) atoms. The lowest BCUT2D eigenvalue weighted by atomic mass is 10.2. The summed E-state index contributed by atoms with van der Waals surface area (Å²) < 4.78 is 5.50. The molecule has 1 fully saturated rings. The number of carbonyl (C=O) groups is 2. The van der Waals surface area contributed by atoms with Gasteiger partial charge < -0.3 is 19.9 Å². The third-order valence-electron chi connectivity index (χ3n) is 2.35. The molecule has 0 saturated carbocycles. The van der Waals surface area contributed by atoms with Crippen LogP contribution in [0.25, 0.3) is 0 Å². The molecule has 1 aromatic rings. The summed E-state index contributed by atoms with van der Waals surface area (Å²) in [6.07, 6.45) is 2.48. The molecule has 2 heterocycles. The molecule has 0 aliphatic carbocycles. The Kier molecular flexibility index (Phi) is 4.71. The number of carboxylic acid groups (broad SMARTS) is 2. The highest BCUT2D eigenvalue weighted by Crippen LogP contribution is 2.24. The first-order valence-electron chi connectivity index (χ1n) is 5.26. The maximum atomic E-state index is 9.10. The van der Waals surface area contributed by atoms with E-state index in [1.54, 1.807) is 0 Å². The minimum atomic E-state index is -1.82. The van der Waals surface area contributed by atoms with Gasteiger partial charge in [0.2, 0.25) is 0 Å². The molecule has 3 N–H and O–H groups in total. The highest BCUT2D eigenvalue weighted by Gasteiger charge is 2.18. The molecule has 1 unspecified atom stereocenters. The van der Waals surface area contributed by atoms with E-state index in [4.69, 9.17) is 24.2 Å². The molecule has 94 valence electrons. The first-order chi connectivity index (χ1) is 8.00. The van der Waals surface area contributed by atoms with Crippen LogP contribution in [0.5, 0.6) is 0 Å². The average molecular weight is 241 g/mol. The Bertz CT molecular complexity index is 380. The number of hydrogen-bond donors (Lipinski definition) is 3. The van der Waals surface area contributed by atoms with E-state index in [1.807, 2.05) is 13.0 Å². The zero-order chi connectivity index (χ0) is 12.8. The Labute approximate surface area is 98.2 Å². The molecule has 1 saturated heterocycles. The van der Waals surface area contributed by atoms with Crippen molar-refractivity contribution in [2.45, 2.75) is 25.8 Å². The lowest BCUT2D eigenvalue weighted by Gasteiger charge is -2.04. The molecule has 1 aromatic heterocycles. The molecule has 6 nitrogen and oxygen atoms in total. The zero-order valence-corrected chi connectivity index (χ0v) is 9.47. The second-order valence-electron chi connectivity index (χ2n) is 3.71. The largest absolute Gasteiger partial charge is 0.473 e. The number of hydrogen-bond acceptors (Lipinski definition) is 4. The summed E-state index contributed by atoms with van der Waals surface area (Å²) in [5.74, 6) is -1.54. The van der Waals surface area contributed by atoms with Gasteiger partial charge in [-0.05, 0) is 38.4 Å². The minimum Gasteiger partial charge on any atom is -0.473 e. The van der Waals surface area contributed by atoms with Crippen LogP contribution in [0.2, 0.25) is 0 Å². The van der Waals surface area contributed by atoms with Crippen LogP contribution in [0.3, 0.4) is 0 Å². The number of aliphatic carboxylic acids is 2. The van der Waals surface area contributed by atoms with Gasteiger partial charge in [0.1, 0.15) is 11.5 Å². The van der Waals surface area contributed by atoms with Crippen molar-refractivity contribution in [1.82, 2.24) is 5.32 Å². The summed E-state index contributed by atoms with van der Waals surface area (Å²) in [5, 5.41) is 18.2. The van der Waals surface area contributed by atoms with Gasteiger partial charge in [0.15, 0.2) is 0 Å². The van der Waals surface area contributed by atoms with E-state index < -0.39 is 11.9 Å². The number of rotatable bonds is 1. The van der Waals surface area contributed by atoms with E-state index in [-0.39, 0.29) is 0 Å². The maximum Gasteiger partial charge on any atom is 0.414 e. The molecule has 1 aliphatic rings. The Morgan fingerprint density at radius 3 is 2.35 bits per heavy atom. The third kappa shape index (κ3) is 4.28. The summed E-state index contributed by atoms with van der Waals surface area (Å²) in [6.45, 7) is 3.11. The second kappa shape index (κ2) is 6.05. The van der Waals surface area contributed by atoms with E-state index >= 15 is 0 Å². The van der Waals surface area contributed by atoms with Crippen LogP contribution in [0.4, 0.5) is 0 Å². The highest BCUT2D eigenvalue weighted by atomic mass is 16.4. The van der Waals surface area contributed by atoms with Gasteiger partial charge >= 0.3 is 11.9 Å². The fraction of sp³-hybridized carbons (Fsp3) is 0.455. The summed E-state index contributed by atoms with van der Waals surface area (Å²) in [6, 6.07) is 4.57.